The zero-order chi connectivity index (χ0) is 17.1. The van der Waals surface area contributed by atoms with Crippen molar-refractivity contribution in [1.82, 2.24) is 0 Å². The molecule has 0 saturated carbocycles. The van der Waals surface area contributed by atoms with E-state index in [9.17, 15) is 14.9 Å². The highest BCUT2D eigenvalue weighted by molar-refractivity contribution is 5.97. The van der Waals surface area contributed by atoms with Crippen LogP contribution in [0.15, 0.2) is 36.4 Å². The molecule has 0 atom stereocenters. The average molecular weight is 329 g/mol. The summed E-state index contributed by atoms with van der Waals surface area (Å²) in [7, 11) is 1.38. The fourth-order valence-electron chi connectivity index (χ4n) is 2.48. The van der Waals surface area contributed by atoms with Crippen molar-refractivity contribution < 1.29 is 23.9 Å². The molecular weight excluding hydrogens is 314 g/mol. The van der Waals surface area contributed by atoms with Gasteiger partial charge in [0.1, 0.15) is 5.75 Å². The maximum absolute atomic E-state index is 12.3. The van der Waals surface area contributed by atoms with Crippen molar-refractivity contribution in [3.8, 4) is 17.2 Å². The van der Waals surface area contributed by atoms with E-state index in [1.807, 2.05) is 0 Å². The van der Waals surface area contributed by atoms with E-state index >= 15 is 0 Å². The highest BCUT2D eigenvalue weighted by Gasteiger charge is 2.17. The maximum atomic E-state index is 12.3. The minimum atomic E-state index is -0.524. The van der Waals surface area contributed by atoms with Crippen LogP contribution in [0.3, 0.4) is 0 Å². The predicted octanol–water partition coefficient (Wildman–Crippen LogP) is 2.80. The van der Waals surface area contributed by atoms with Crippen molar-refractivity contribution in [3.05, 3.63) is 57.6 Å². The van der Waals surface area contributed by atoms with E-state index in [1.54, 1.807) is 18.2 Å². The molecule has 124 valence electrons. The molecule has 0 bridgehead atoms. The molecule has 7 nitrogen and oxygen atoms in total. The summed E-state index contributed by atoms with van der Waals surface area (Å²) in [4.78, 5) is 22.5. The van der Waals surface area contributed by atoms with Crippen molar-refractivity contribution in [2.24, 2.45) is 0 Å². The summed E-state index contributed by atoms with van der Waals surface area (Å²) in [6.07, 6.45) is 0.785. The SMILES string of the molecule is COc1cc([N+](=O)[O-])ccc1OCC(=O)c1ccc2c(c1)CCO2. The molecule has 0 aromatic heterocycles. The van der Waals surface area contributed by atoms with Crippen molar-refractivity contribution in [3.63, 3.8) is 0 Å². The molecule has 3 rings (SSSR count). The molecule has 1 heterocycles. The summed E-state index contributed by atoms with van der Waals surface area (Å²) in [6.45, 7) is 0.442. The highest BCUT2D eigenvalue weighted by Crippen LogP contribution is 2.31. The fourth-order valence-corrected chi connectivity index (χ4v) is 2.48. The van der Waals surface area contributed by atoms with Crippen molar-refractivity contribution in [2.75, 3.05) is 20.3 Å². The molecule has 0 N–H and O–H groups in total. The van der Waals surface area contributed by atoms with E-state index in [2.05, 4.69) is 0 Å². The van der Waals surface area contributed by atoms with Crippen LogP contribution in [0.5, 0.6) is 17.2 Å². The number of Topliss-reactive ketones (excluding diaryl/α,β-unsaturated/α-hetero) is 1. The Bertz CT molecular complexity index is 802. The molecule has 0 saturated heterocycles. The number of ether oxygens (including phenoxy) is 3. The van der Waals surface area contributed by atoms with Gasteiger partial charge in [-0.2, -0.15) is 0 Å². The van der Waals surface area contributed by atoms with E-state index in [1.165, 1.54) is 25.3 Å². The predicted molar refractivity (Wildman–Crippen MR) is 85.1 cm³/mol. The number of rotatable bonds is 6. The molecule has 0 fully saturated rings. The van der Waals surface area contributed by atoms with Crippen molar-refractivity contribution in [2.45, 2.75) is 6.42 Å². The van der Waals surface area contributed by atoms with Crippen LogP contribution in [0.25, 0.3) is 0 Å². The second-order valence-electron chi connectivity index (χ2n) is 5.23. The van der Waals surface area contributed by atoms with Gasteiger partial charge in [0.05, 0.1) is 24.7 Å². The Balaban J connectivity index is 1.71. The summed E-state index contributed by atoms with van der Waals surface area (Å²) in [5.74, 6) is 1.11. The van der Waals surface area contributed by atoms with Gasteiger partial charge in [-0.25, -0.2) is 0 Å². The normalized spacial score (nSPS) is 12.2. The van der Waals surface area contributed by atoms with Crippen LogP contribution >= 0.6 is 0 Å². The third kappa shape index (κ3) is 3.15. The minimum absolute atomic E-state index is 0.107. The third-order valence-corrected chi connectivity index (χ3v) is 3.73. The van der Waals surface area contributed by atoms with Gasteiger partial charge in [-0.3, -0.25) is 14.9 Å². The Kier molecular flexibility index (Phi) is 4.33. The van der Waals surface area contributed by atoms with Gasteiger partial charge in [-0.1, -0.05) is 0 Å². The second kappa shape index (κ2) is 6.57. The molecule has 0 unspecified atom stereocenters. The smallest absolute Gasteiger partial charge is 0.273 e. The Hall–Kier alpha value is -3.09. The Morgan fingerprint density at radius 2 is 2.08 bits per heavy atom. The lowest BCUT2D eigenvalue weighted by molar-refractivity contribution is -0.384. The highest BCUT2D eigenvalue weighted by atomic mass is 16.6. The van der Waals surface area contributed by atoms with Gasteiger partial charge in [0.15, 0.2) is 23.9 Å². The number of non-ortho nitro benzene ring substituents is 1. The van der Waals surface area contributed by atoms with Crippen molar-refractivity contribution >= 4 is 11.5 Å². The molecular formula is C17H15NO6. The van der Waals surface area contributed by atoms with Gasteiger partial charge in [0, 0.05) is 18.1 Å². The molecule has 0 radical (unpaired) electrons. The second-order valence-corrected chi connectivity index (χ2v) is 5.23. The van der Waals surface area contributed by atoms with Crippen LogP contribution in [0.2, 0.25) is 0 Å². The fraction of sp³-hybridized carbons (Fsp3) is 0.235. The maximum Gasteiger partial charge on any atom is 0.273 e. The Labute approximate surface area is 137 Å². The number of nitrogens with zero attached hydrogens (tertiary/aromatic N) is 1. The molecule has 24 heavy (non-hydrogen) atoms. The van der Waals surface area contributed by atoms with Crippen LogP contribution in [0, 0.1) is 10.1 Å². The van der Waals surface area contributed by atoms with Crippen LogP contribution in [0.1, 0.15) is 15.9 Å². The Morgan fingerprint density at radius 1 is 1.25 bits per heavy atom. The molecule has 2 aromatic carbocycles. The van der Waals surface area contributed by atoms with Gasteiger partial charge < -0.3 is 14.2 Å². The zero-order valence-electron chi connectivity index (χ0n) is 13.0. The van der Waals surface area contributed by atoms with Crippen molar-refractivity contribution in [1.29, 1.82) is 0 Å². The van der Waals surface area contributed by atoms with E-state index in [0.717, 1.165) is 17.7 Å². The van der Waals surface area contributed by atoms with Crippen LogP contribution in [-0.2, 0) is 6.42 Å². The molecule has 2 aromatic rings. The lowest BCUT2D eigenvalue weighted by Gasteiger charge is -2.10. The summed E-state index contributed by atoms with van der Waals surface area (Å²) in [6, 6.07) is 9.26. The quantitative estimate of drug-likeness (QED) is 0.460. The molecule has 0 spiro atoms. The summed E-state index contributed by atoms with van der Waals surface area (Å²) >= 11 is 0. The first kappa shape index (κ1) is 15.8. The standard InChI is InChI=1S/C17H15NO6/c1-22-17-9-13(18(20)21)3-5-16(17)24-10-14(19)11-2-4-15-12(8-11)6-7-23-15/h2-5,8-9H,6-7,10H2,1H3. The van der Waals surface area contributed by atoms with Gasteiger partial charge >= 0.3 is 0 Å². The lowest BCUT2D eigenvalue weighted by atomic mass is 10.1. The third-order valence-electron chi connectivity index (χ3n) is 3.73. The number of methoxy groups -OCH3 is 1. The number of hydrogen-bond acceptors (Lipinski definition) is 6. The van der Waals surface area contributed by atoms with Crippen LogP contribution < -0.4 is 14.2 Å². The number of hydrogen-bond donors (Lipinski definition) is 0. The van der Waals surface area contributed by atoms with Gasteiger partial charge in [0.2, 0.25) is 0 Å². The number of nitro benzene ring substituents is 1. The van der Waals surface area contributed by atoms with Crippen LogP contribution in [-0.4, -0.2) is 31.0 Å². The lowest BCUT2D eigenvalue weighted by Crippen LogP contribution is -2.12. The molecule has 7 heteroatoms. The monoisotopic (exact) mass is 329 g/mol. The molecule has 0 aliphatic carbocycles. The van der Waals surface area contributed by atoms with E-state index < -0.39 is 4.92 Å². The first-order chi connectivity index (χ1) is 11.6. The first-order valence-corrected chi connectivity index (χ1v) is 7.32. The van der Waals surface area contributed by atoms with Gasteiger partial charge in [-0.05, 0) is 29.8 Å². The summed E-state index contributed by atoms with van der Waals surface area (Å²) in [5, 5.41) is 10.8. The minimum Gasteiger partial charge on any atom is -0.493 e. The molecule has 1 aliphatic rings. The number of ketones is 1. The number of carbonyl (C=O) groups excluding carboxylic acids is 1. The van der Waals surface area contributed by atoms with Gasteiger partial charge in [0.25, 0.3) is 5.69 Å². The zero-order valence-corrected chi connectivity index (χ0v) is 13.0. The molecule has 0 amide bonds. The topological polar surface area (TPSA) is 87.9 Å². The number of nitro groups is 1. The Morgan fingerprint density at radius 3 is 2.83 bits per heavy atom. The van der Waals surface area contributed by atoms with Crippen LogP contribution in [0.4, 0.5) is 5.69 Å². The van der Waals surface area contributed by atoms with Gasteiger partial charge in [-0.15, -0.1) is 0 Å². The number of carbonyl (C=O) groups is 1. The average Bonchev–Trinajstić information content (AvgIpc) is 3.06. The van der Waals surface area contributed by atoms with E-state index in [4.69, 9.17) is 14.2 Å². The largest absolute Gasteiger partial charge is 0.493 e. The van der Waals surface area contributed by atoms with E-state index in [0.29, 0.717) is 12.2 Å². The number of benzene rings is 2. The summed E-state index contributed by atoms with van der Waals surface area (Å²) in [5.41, 5.74) is 1.44. The first-order valence-electron chi connectivity index (χ1n) is 7.32. The van der Waals surface area contributed by atoms with E-state index in [-0.39, 0.29) is 29.6 Å². The molecule has 1 aliphatic heterocycles. The number of fused-ring (bicyclic) bond motifs is 1. The summed E-state index contributed by atoms with van der Waals surface area (Å²) < 4.78 is 16.0.